The maximum absolute atomic E-state index is 11.5. The van der Waals surface area contributed by atoms with E-state index in [9.17, 15) is 4.79 Å². The number of methoxy groups -OCH3 is 1. The maximum atomic E-state index is 11.5. The van der Waals surface area contributed by atoms with E-state index in [2.05, 4.69) is 4.98 Å². The first kappa shape index (κ1) is 12.6. The molecule has 0 unspecified atom stereocenters. The third-order valence-electron chi connectivity index (χ3n) is 2.40. The highest BCUT2D eigenvalue weighted by Crippen LogP contribution is 2.26. The van der Waals surface area contributed by atoms with E-state index in [0.717, 1.165) is 5.01 Å². The van der Waals surface area contributed by atoms with Crippen molar-refractivity contribution in [3.05, 3.63) is 40.3 Å². The minimum absolute atomic E-state index is 0.0354. The molecule has 2 rings (SSSR count). The lowest BCUT2D eigenvalue weighted by atomic mass is 10.1. The number of ketones is 1. The standard InChI is InChI=1S/C13H13NO3S/c1-9(15)11-4-3-10(16-2)7-12(11)17-8-13-14-5-6-18-13/h3-7H,8H2,1-2H3. The fraction of sp³-hybridized carbons (Fsp3) is 0.231. The van der Waals surface area contributed by atoms with Crippen molar-refractivity contribution in [1.82, 2.24) is 4.98 Å². The van der Waals surface area contributed by atoms with Gasteiger partial charge in [-0.2, -0.15) is 0 Å². The molecule has 2 aromatic rings. The first-order valence-corrected chi connectivity index (χ1v) is 6.29. The molecule has 0 N–H and O–H groups in total. The summed E-state index contributed by atoms with van der Waals surface area (Å²) in [6.45, 7) is 1.86. The van der Waals surface area contributed by atoms with Crippen LogP contribution in [-0.2, 0) is 6.61 Å². The van der Waals surface area contributed by atoms with E-state index in [-0.39, 0.29) is 5.78 Å². The second-order valence-corrected chi connectivity index (χ2v) is 4.61. The second kappa shape index (κ2) is 5.64. The Morgan fingerprint density at radius 3 is 2.89 bits per heavy atom. The highest BCUT2D eigenvalue weighted by Gasteiger charge is 2.10. The van der Waals surface area contributed by atoms with Crippen LogP contribution in [0.2, 0.25) is 0 Å². The van der Waals surface area contributed by atoms with Crippen LogP contribution in [0.1, 0.15) is 22.3 Å². The van der Waals surface area contributed by atoms with Gasteiger partial charge in [0.05, 0.1) is 12.7 Å². The Kier molecular flexibility index (Phi) is 3.94. The number of carbonyl (C=O) groups is 1. The molecule has 94 valence electrons. The summed E-state index contributed by atoms with van der Waals surface area (Å²) >= 11 is 1.51. The van der Waals surface area contributed by atoms with E-state index >= 15 is 0 Å². The van der Waals surface area contributed by atoms with Gasteiger partial charge in [0.25, 0.3) is 0 Å². The van der Waals surface area contributed by atoms with E-state index in [1.807, 2.05) is 5.38 Å². The largest absolute Gasteiger partial charge is 0.497 e. The Morgan fingerprint density at radius 1 is 1.44 bits per heavy atom. The average Bonchev–Trinajstić information content (AvgIpc) is 2.88. The SMILES string of the molecule is COc1ccc(C(C)=O)c(OCc2nccs2)c1. The van der Waals surface area contributed by atoms with Crippen LogP contribution in [0.3, 0.4) is 0 Å². The fourth-order valence-corrected chi connectivity index (χ4v) is 2.03. The van der Waals surface area contributed by atoms with Crippen molar-refractivity contribution in [2.75, 3.05) is 7.11 Å². The van der Waals surface area contributed by atoms with Gasteiger partial charge in [-0.25, -0.2) is 4.98 Å². The molecule has 0 aliphatic rings. The summed E-state index contributed by atoms with van der Waals surface area (Å²) in [6, 6.07) is 5.16. The first-order chi connectivity index (χ1) is 8.70. The molecule has 0 spiro atoms. The van der Waals surface area contributed by atoms with Crippen molar-refractivity contribution in [3.8, 4) is 11.5 Å². The molecule has 0 aliphatic heterocycles. The Morgan fingerprint density at radius 2 is 2.28 bits per heavy atom. The summed E-state index contributed by atoms with van der Waals surface area (Å²) in [5.74, 6) is 1.15. The maximum Gasteiger partial charge on any atom is 0.163 e. The average molecular weight is 263 g/mol. The van der Waals surface area contributed by atoms with Gasteiger partial charge in [-0.1, -0.05) is 0 Å². The van der Waals surface area contributed by atoms with Crippen molar-refractivity contribution in [2.45, 2.75) is 13.5 Å². The number of hydrogen-bond donors (Lipinski definition) is 0. The molecule has 5 heteroatoms. The van der Waals surface area contributed by atoms with E-state index in [1.54, 1.807) is 31.5 Å². The molecule has 1 aromatic heterocycles. The summed E-state index contributed by atoms with van der Waals surface area (Å²) in [4.78, 5) is 15.6. The van der Waals surface area contributed by atoms with Crippen LogP contribution in [0.15, 0.2) is 29.8 Å². The number of Topliss-reactive ketones (excluding diaryl/α,β-unsaturated/α-hetero) is 1. The Hall–Kier alpha value is -1.88. The van der Waals surface area contributed by atoms with Crippen LogP contribution >= 0.6 is 11.3 Å². The summed E-state index contributed by atoms with van der Waals surface area (Å²) in [5.41, 5.74) is 0.548. The number of carbonyl (C=O) groups excluding carboxylic acids is 1. The molecular formula is C13H13NO3S. The second-order valence-electron chi connectivity index (χ2n) is 3.63. The van der Waals surface area contributed by atoms with E-state index in [0.29, 0.717) is 23.7 Å². The number of ether oxygens (including phenoxy) is 2. The van der Waals surface area contributed by atoms with Crippen molar-refractivity contribution in [3.63, 3.8) is 0 Å². The molecule has 0 saturated heterocycles. The van der Waals surface area contributed by atoms with Crippen molar-refractivity contribution in [2.24, 2.45) is 0 Å². The zero-order valence-corrected chi connectivity index (χ0v) is 11.0. The predicted octanol–water partition coefficient (Wildman–Crippen LogP) is 2.93. The number of aromatic nitrogens is 1. The molecule has 0 bridgehead atoms. The van der Waals surface area contributed by atoms with Gasteiger partial charge in [-0.15, -0.1) is 11.3 Å². The minimum Gasteiger partial charge on any atom is -0.497 e. The quantitative estimate of drug-likeness (QED) is 0.778. The van der Waals surface area contributed by atoms with Gasteiger partial charge < -0.3 is 9.47 Å². The number of benzene rings is 1. The van der Waals surface area contributed by atoms with Gasteiger partial charge in [-0.05, 0) is 19.1 Å². The van der Waals surface area contributed by atoms with E-state index in [1.165, 1.54) is 18.3 Å². The molecule has 0 amide bonds. The fourth-order valence-electron chi connectivity index (χ4n) is 1.50. The van der Waals surface area contributed by atoms with E-state index in [4.69, 9.17) is 9.47 Å². The molecule has 0 saturated carbocycles. The highest BCUT2D eigenvalue weighted by molar-refractivity contribution is 7.09. The lowest BCUT2D eigenvalue weighted by molar-refractivity contribution is 0.101. The van der Waals surface area contributed by atoms with Crippen LogP contribution in [0, 0.1) is 0 Å². The van der Waals surface area contributed by atoms with Crippen LogP contribution in [0.5, 0.6) is 11.5 Å². The summed E-state index contributed by atoms with van der Waals surface area (Å²) in [5, 5.41) is 2.75. The van der Waals surface area contributed by atoms with Crippen molar-refractivity contribution < 1.29 is 14.3 Å². The van der Waals surface area contributed by atoms with Crippen LogP contribution in [0.25, 0.3) is 0 Å². The van der Waals surface area contributed by atoms with Crippen molar-refractivity contribution >= 4 is 17.1 Å². The molecule has 1 heterocycles. The lowest BCUT2D eigenvalue weighted by Gasteiger charge is -2.10. The van der Waals surface area contributed by atoms with Gasteiger partial charge in [0.15, 0.2) is 5.78 Å². The number of nitrogens with zero attached hydrogens (tertiary/aromatic N) is 1. The summed E-state index contributed by atoms with van der Waals surface area (Å²) < 4.78 is 10.8. The lowest BCUT2D eigenvalue weighted by Crippen LogP contribution is -2.02. The van der Waals surface area contributed by atoms with Gasteiger partial charge >= 0.3 is 0 Å². The number of rotatable bonds is 5. The third-order valence-corrected chi connectivity index (χ3v) is 3.16. The monoisotopic (exact) mass is 263 g/mol. The Labute approximate surface area is 109 Å². The topological polar surface area (TPSA) is 48.4 Å². The molecule has 18 heavy (non-hydrogen) atoms. The number of thiazole rings is 1. The smallest absolute Gasteiger partial charge is 0.163 e. The molecular weight excluding hydrogens is 250 g/mol. The van der Waals surface area contributed by atoms with Gasteiger partial charge in [-0.3, -0.25) is 4.79 Å². The van der Waals surface area contributed by atoms with Gasteiger partial charge in [0, 0.05) is 17.6 Å². The van der Waals surface area contributed by atoms with E-state index < -0.39 is 0 Å². The molecule has 4 nitrogen and oxygen atoms in total. The van der Waals surface area contributed by atoms with Gasteiger partial charge in [0.1, 0.15) is 23.1 Å². The summed E-state index contributed by atoms with van der Waals surface area (Å²) in [7, 11) is 1.58. The molecule has 0 atom stereocenters. The highest BCUT2D eigenvalue weighted by atomic mass is 32.1. The van der Waals surface area contributed by atoms with Crippen LogP contribution in [0.4, 0.5) is 0 Å². The first-order valence-electron chi connectivity index (χ1n) is 5.41. The summed E-state index contributed by atoms with van der Waals surface area (Å²) in [6.07, 6.45) is 1.72. The van der Waals surface area contributed by atoms with Gasteiger partial charge in [0.2, 0.25) is 0 Å². The zero-order valence-electron chi connectivity index (χ0n) is 10.2. The third kappa shape index (κ3) is 2.87. The Balaban J connectivity index is 2.20. The molecule has 0 fully saturated rings. The van der Waals surface area contributed by atoms with Crippen LogP contribution in [-0.4, -0.2) is 17.9 Å². The number of hydrogen-bond acceptors (Lipinski definition) is 5. The van der Waals surface area contributed by atoms with Crippen molar-refractivity contribution in [1.29, 1.82) is 0 Å². The predicted molar refractivity (Wildman–Crippen MR) is 69.4 cm³/mol. The van der Waals surface area contributed by atoms with Crippen LogP contribution < -0.4 is 9.47 Å². The molecule has 0 aliphatic carbocycles. The molecule has 1 aromatic carbocycles. The zero-order chi connectivity index (χ0) is 13.0. The molecule has 0 radical (unpaired) electrons. The minimum atomic E-state index is -0.0354. The normalized spacial score (nSPS) is 10.1. The Bertz CT molecular complexity index is 537.